The second kappa shape index (κ2) is 5.17. The van der Waals surface area contributed by atoms with E-state index in [-0.39, 0.29) is 18.0 Å². The van der Waals surface area contributed by atoms with Crippen LogP contribution in [0.25, 0.3) is 0 Å². The van der Waals surface area contributed by atoms with Gasteiger partial charge in [-0.1, -0.05) is 24.4 Å². The third-order valence-corrected chi connectivity index (χ3v) is 4.16. The maximum Gasteiger partial charge on any atom is 0.261 e. The van der Waals surface area contributed by atoms with Crippen molar-refractivity contribution >= 4 is 28.8 Å². The van der Waals surface area contributed by atoms with Gasteiger partial charge in [0.15, 0.2) is 0 Å². The number of hydrogen-bond donors (Lipinski definition) is 2. The van der Waals surface area contributed by atoms with Crippen LogP contribution in [0.5, 0.6) is 0 Å². The zero-order valence-corrected chi connectivity index (χ0v) is 10.5. The lowest BCUT2D eigenvalue weighted by atomic mass is 9.91. The van der Waals surface area contributed by atoms with Gasteiger partial charge in [0, 0.05) is 12.1 Å². The molecule has 1 aliphatic rings. The third kappa shape index (κ3) is 2.75. The molecule has 0 saturated heterocycles. The van der Waals surface area contributed by atoms with Gasteiger partial charge in [-0.2, -0.15) is 0 Å². The van der Waals surface area contributed by atoms with Gasteiger partial charge < -0.3 is 11.1 Å². The summed E-state index contributed by atoms with van der Waals surface area (Å²) in [6.45, 7) is 0. The Morgan fingerprint density at radius 3 is 2.81 bits per heavy atom. The van der Waals surface area contributed by atoms with E-state index in [1.54, 1.807) is 12.1 Å². The van der Waals surface area contributed by atoms with E-state index in [1.165, 1.54) is 17.8 Å². The lowest BCUT2D eigenvalue weighted by molar-refractivity contribution is 0.0925. The third-order valence-electron chi connectivity index (χ3n) is 2.93. The van der Waals surface area contributed by atoms with Crippen LogP contribution in [0.15, 0.2) is 12.1 Å². The molecule has 16 heavy (non-hydrogen) atoms. The minimum Gasteiger partial charge on any atom is -0.347 e. The molecule has 0 radical (unpaired) electrons. The molecule has 2 atom stereocenters. The first-order valence-electron chi connectivity index (χ1n) is 5.48. The fourth-order valence-electron chi connectivity index (χ4n) is 2.01. The number of carbonyl (C=O) groups excluding carboxylic acids is 1. The summed E-state index contributed by atoms with van der Waals surface area (Å²) in [5.74, 6) is -0.0562. The van der Waals surface area contributed by atoms with Crippen molar-refractivity contribution < 1.29 is 4.79 Å². The predicted octanol–water partition coefficient (Wildman–Crippen LogP) is 2.40. The molecule has 0 aromatic carbocycles. The van der Waals surface area contributed by atoms with Gasteiger partial charge in [0.1, 0.15) is 0 Å². The average Bonchev–Trinajstić information content (AvgIpc) is 2.68. The van der Waals surface area contributed by atoms with Crippen molar-refractivity contribution in [2.75, 3.05) is 0 Å². The lowest BCUT2D eigenvalue weighted by Crippen LogP contribution is -2.49. The second-order valence-electron chi connectivity index (χ2n) is 4.13. The van der Waals surface area contributed by atoms with Crippen molar-refractivity contribution in [3.63, 3.8) is 0 Å². The molecular formula is C11H15ClN2OS. The molecule has 5 heteroatoms. The minimum atomic E-state index is -0.0562. The van der Waals surface area contributed by atoms with E-state index in [9.17, 15) is 4.79 Å². The smallest absolute Gasteiger partial charge is 0.261 e. The van der Waals surface area contributed by atoms with Crippen LogP contribution >= 0.6 is 22.9 Å². The summed E-state index contributed by atoms with van der Waals surface area (Å²) in [6.07, 6.45) is 4.28. The van der Waals surface area contributed by atoms with E-state index < -0.39 is 0 Å². The fourth-order valence-corrected chi connectivity index (χ4v) is 2.96. The summed E-state index contributed by atoms with van der Waals surface area (Å²) < 4.78 is 0.637. The lowest BCUT2D eigenvalue weighted by Gasteiger charge is -2.29. The number of carbonyl (C=O) groups is 1. The van der Waals surface area contributed by atoms with Crippen LogP contribution in [0.1, 0.15) is 35.4 Å². The number of hydrogen-bond acceptors (Lipinski definition) is 3. The van der Waals surface area contributed by atoms with Crippen molar-refractivity contribution in [2.45, 2.75) is 37.8 Å². The fraction of sp³-hybridized carbons (Fsp3) is 0.545. The van der Waals surface area contributed by atoms with Gasteiger partial charge in [-0.3, -0.25) is 4.79 Å². The highest BCUT2D eigenvalue weighted by molar-refractivity contribution is 7.17. The first-order chi connectivity index (χ1) is 7.66. The van der Waals surface area contributed by atoms with E-state index >= 15 is 0 Å². The number of nitrogens with one attached hydrogen (secondary N) is 1. The van der Waals surface area contributed by atoms with Crippen molar-refractivity contribution in [1.82, 2.24) is 5.32 Å². The maximum absolute atomic E-state index is 11.9. The molecule has 1 amide bonds. The van der Waals surface area contributed by atoms with Gasteiger partial charge in [0.05, 0.1) is 9.21 Å². The van der Waals surface area contributed by atoms with Crippen molar-refractivity contribution in [2.24, 2.45) is 5.73 Å². The molecule has 1 aromatic heterocycles. The number of nitrogens with two attached hydrogens (primary N) is 1. The molecule has 3 nitrogen and oxygen atoms in total. The summed E-state index contributed by atoms with van der Waals surface area (Å²) in [4.78, 5) is 12.5. The van der Waals surface area contributed by atoms with Crippen LogP contribution < -0.4 is 11.1 Å². The van der Waals surface area contributed by atoms with Gasteiger partial charge in [-0.25, -0.2) is 0 Å². The SMILES string of the molecule is N[C@@H]1CCCC[C@H]1NC(=O)c1ccc(Cl)s1. The Labute approximate surface area is 104 Å². The molecule has 0 aliphatic heterocycles. The highest BCUT2D eigenvalue weighted by Crippen LogP contribution is 2.22. The van der Waals surface area contributed by atoms with E-state index in [0.29, 0.717) is 9.21 Å². The minimum absolute atomic E-state index is 0.0562. The average molecular weight is 259 g/mol. The molecule has 1 aliphatic carbocycles. The molecule has 88 valence electrons. The van der Waals surface area contributed by atoms with E-state index in [0.717, 1.165) is 19.3 Å². The number of thiophene rings is 1. The Morgan fingerprint density at radius 1 is 1.44 bits per heavy atom. The number of halogens is 1. The molecular weight excluding hydrogens is 244 g/mol. The predicted molar refractivity (Wildman–Crippen MR) is 67.0 cm³/mol. The van der Waals surface area contributed by atoms with Gasteiger partial charge in [0.25, 0.3) is 5.91 Å². The van der Waals surface area contributed by atoms with Crippen LogP contribution in [0.3, 0.4) is 0 Å². The second-order valence-corrected chi connectivity index (χ2v) is 5.85. The first kappa shape index (κ1) is 11.9. The number of amides is 1. The van der Waals surface area contributed by atoms with Crippen LogP contribution in [0, 0.1) is 0 Å². The Kier molecular flexibility index (Phi) is 3.84. The van der Waals surface area contributed by atoms with Crippen LogP contribution in [0.4, 0.5) is 0 Å². The summed E-state index contributed by atoms with van der Waals surface area (Å²) >= 11 is 7.09. The zero-order valence-electron chi connectivity index (χ0n) is 8.91. The molecule has 0 unspecified atom stereocenters. The van der Waals surface area contributed by atoms with E-state index in [1.807, 2.05) is 0 Å². The van der Waals surface area contributed by atoms with Crippen molar-refractivity contribution in [3.8, 4) is 0 Å². The maximum atomic E-state index is 11.9. The van der Waals surface area contributed by atoms with Crippen LogP contribution in [-0.4, -0.2) is 18.0 Å². The molecule has 3 N–H and O–H groups in total. The largest absolute Gasteiger partial charge is 0.347 e. The van der Waals surface area contributed by atoms with Crippen molar-refractivity contribution in [1.29, 1.82) is 0 Å². The van der Waals surface area contributed by atoms with E-state index in [4.69, 9.17) is 17.3 Å². The van der Waals surface area contributed by atoms with Gasteiger partial charge >= 0.3 is 0 Å². The molecule has 0 spiro atoms. The number of rotatable bonds is 2. The summed E-state index contributed by atoms with van der Waals surface area (Å²) in [5, 5.41) is 2.99. The normalized spacial score (nSPS) is 25.4. The van der Waals surface area contributed by atoms with E-state index in [2.05, 4.69) is 5.32 Å². The van der Waals surface area contributed by atoms with Gasteiger partial charge in [-0.05, 0) is 25.0 Å². The summed E-state index contributed by atoms with van der Waals surface area (Å²) in [7, 11) is 0. The first-order valence-corrected chi connectivity index (χ1v) is 6.68. The molecule has 1 saturated carbocycles. The van der Waals surface area contributed by atoms with Gasteiger partial charge in [-0.15, -0.1) is 11.3 Å². The molecule has 1 heterocycles. The standard InChI is InChI=1S/C11H15ClN2OS/c12-10-6-5-9(16-10)11(15)14-8-4-2-1-3-7(8)13/h5-8H,1-4,13H2,(H,14,15)/t7-,8-/m1/s1. The Hall–Kier alpha value is -0.580. The van der Waals surface area contributed by atoms with Crippen LogP contribution in [0.2, 0.25) is 4.34 Å². The molecule has 2 rings (SSSR count). The Morgan fingerprint density at radius 2 is 2.19 bits per heavy atom. The monoisotopic (exact) mass is 258 g/mol. The summed E-state index contributed by atoms with van der Waals surface area (Å²) in [5.41, 5.74) is 5.97. The summed E-state index contributed by atoms with van der Waals surface area (Å²) in [6, 6.07) is 3.69. The highest BCUT2D eigenvalue weighted by Gasteiger charge is 2.24. The quantitative estimate of drug-likeness (QED) is 0.856. The molecule has 1 fully saturated rings. The van der Waals surface area contributed by atoms with Gasteiger partial charge in [0.2, 0.25) is 0 Å². The highest BCUT2D eigenvalue weighted by atomic mass is 35.5. The van der Waals surface area contributed by atoms with Crippen molar-refractivity contribution in [3.05, 3.63) is 21.3 Å². The van der Waals surface area contributed by atoms with Crippen LogP contribution in [-0.2, 0) is 0 Å². The zero-order chi connectivity index (χ0) is 11.5. The Balaban J connectivity index is 1.96. The Bertz CT molecular complexity index is 380. The molecule has 1 aromatic rings. The molecule has 0 bridgehead atoms. The topological polar surface area (TPSA) is 55.1 Å².